The molecule has 2 aromatic carbocycles. The van der Waals surface area contributed by atoms with Gasteiger partial charge < -0.3 is 4.74 Å². The van der Waals surface area contributed by atoms with E-state index in [0.29, 0.717) is 0 Å². The van der Waals surface area contributed by atoms with Crippen LogP contribution in [-0.4, -0.2) is 18.1 Å². The fourth-order valence-electron chi connectivity index (χ4n) is 2.18. The van der Waals surface area contributed by atoms with E-state index in [1.54, 1.807) is 18.7 Å². The SMILES string of the molecule is CC(=O)c1ccc(SCCCOc2ccc(C)cc2C)cc1. The lowest BCUT2D eigenvalue weighted by atomic mass is 10.1. The minimum atomic E-state index is 0.110. The molecule has 0 saturated carbocycles. The third-order valence-electron chi connectivity index (χ3n) is 3.41. The van der Waals surface area contributed by atoms with E-state index in [2.05, 4.69) is 26.0 Å². The number of hydrogen-bond donors (Lipinski definition) is 0. The smallest absolute Gasteiger partial charge is 0.159 e. The van der Waals surface area contributed by atoms with Crippen LogP contribution in [0.1, 0.15) is 34.8 Å². The molecule has 0 N–H and O–H groups in total. The second-order valence-corrected chi connectivity index (χ2v) is 6.57. The summed E-state index contributed by atoms with van der Waals surface area (Å²) in [5, 5.41) is 0. The Balaban J connectivity index is 1.72. The molecule has 0 radical (unpaired) electrons. The summed E-state index contributed by atoms with van der Waals surface area (Å²) in [6.07, 6.45) is 0.993. The zero-order valence-corrected chi connectivity index (χ0v) is 14.2. The van der Waals surface area contributed by atoms with Gasteiger partial charge in [0.1, 0.15) is 5.75 Å². The number of aryl methyl sites for hydroxylation is 2. The molecule has 0 amide bonds. The normalized spacial score (nSPS) is 10.5. The van der Waals surface area contributed by atoms with Crippen LogP contribution in [0.4, 0.5) is 0 Å². The first-order chi connectivity index (χ1) is 10.6. The maximum atomic E-state index is 11.2. The summed E-state index contributed by atoms with van der Waals surface area (Å²) in [7, 11) is 0. The highest BCUT2D eigenvalue weighted by Gasteiger charge is 2.01. The van der Waals surface area contributed by atoms with E-state index >= 15 is 0 Å². The van der Waals surface area contributed by atoms with Crippen molar-refractivity contribution in [3.8, 4) is 5.75 Å². The van der Waals surface area contributed by atoms with E-state index in [-0.39, 0.29) is 5.78 Å². The molecular formula is C19H22O2S. The summed E-state index contributed by atoms with van der Waals surface area (Å²) < 4.78 is 5.82. The Morgan fingerprint density at radius 3 is 2.45 bits per heavy atom. The van der Waals surface area contributed by atoms with Gasteiger partial charge in [0.2, 0.25) is 0 Å². The van der Waals surface area contributed by atoms with Crippen molar-refractivity contribution in [1.82, 2.24) is 0 Å². The molecule has 0 heterocycles. The topological polar surface area (TPSA) is 26.3 Å². The Morgan fingerprint density at radius 1 is 1.09 bits per heavy atom. The zero-order chi connectivity index (χ0) is 15.9. The van der Waals surface area contributed by atoms with Gasteiger partial charge in [-0.1, -0.05) is 29.8 Å². The van der Waals surface area contributed by atoms with Gasteiger partial charge in [-0.05, 0) is 51.0 Å². The predicted molar refractivity (Wildman–Crippen MR) is 93.2 cm³/mol. The third kappa shape index (κ3) is 4.92. The molecule has 0 aliphatic rings. The minimum absolute atomic E-state index is 0.110. The molecule has 0 fully saturated rings. The van der Waals surface area contributed by atoms with Gasteiger partial charge in [0.25, 0.3) is 0 Å². The van der Waals surface area contributed by atoms with E-state index in [0.717, 1.165) is 30.1 Å². The molecule has 0 aliphatic carbocycles. The lowest BCUT2D eigenvalue weighted by molar-refractivity contribution is 0.101. The van der Waals surface area contributed by atoms with Crippen LogP contribution >= 0.6 is 11.8 Å². The van der Waals surface area contributed by atoms with Crippen LogP contribution in [0.2, 0.25) is 0 Å². The van der Waals surface area contributed by atoms with E-state index in [9.17, 15) is 4.79 Å². The van der Waals surface area contributed by atoms with Crippen LogP contribution in [-0.2, 0) is 0 Å². The van der Waals surface area contributed by atoms with Crippen LogP contribution in [0.5, 0.6) is 5.75 Å². The van der Waals surface area contributed by atoms with E-state index in [4.69, 9.17) is 4.74 Å². The number of thioether (sulfide) groups is 1. The highest BCUT2D eigenvalue weighted by molar-refractivity contribution is 7.99. The Kier molecular flexibility index (Phi) is 6.08. The van der Waals surface area contributed by atoms with Crippen molar-refractivity contribution in [3.05, 3.63) is 59.2 Å². The Labute approximate surface area is 136 Å². The molecule has 0 unspecified atom stereocenters. The van der Waals surface area contributed by atoms with E-state index in [1.807, 2.05) is 30.3 Å². The number of ether oxygens (including phenoxy) is 1. The molecule has 0 saturated heterocycles. The highest BCUT2D eigenvalue weighted by Crippen LogP contribution is 2.21. The van der Waals surface area contributed by atoms with Crippen LogP contribution in [0.25, 0.3) is 0 Å². The summed E-state index contributed by atoms with van der Waals surface area (Å²) in [6, 6.07) is 14.0. The predicted octanol–water partition coefficient (Wildman–Crippen LogP) is 5.07. The summed E-state index contributed by atoms with van der Waals surface area (Å²) >= 11 is 1.79. The number of hydrogen-bond acceptors (Lipinski definition) is 3. The molecule has 2 rings (SSSR count). The van der Waals surface area contributed by atoms with Crippen LogP contribution in [0, 0.1) is 13.8 Å². The number of ketones is 1. The van der Waals surface area contributed by atoms with Crippen molar-refractivity contribution in [2.45, 2.75) is 32.1 Å². The first-order valence-corrected chi connectivity index (χ1v) is 8.48. The van der Waals surface area contributed by atoms with Crippen molar-refractivity contribution in [2.24, 2.45) is 0 Å². The van der Waals surface area contributed by atoms with Crippen LogP contribution < -0.4 is 4.74 Å². The van der Waals surface area contributed by atoms with Gasteiger partial charge in [0.15, 0.2) is 5.78 Å². The molecule has 22 heavy (non-hydrogen) atoms. The van der Waals surface area contributed by atoms with Gasteiger partial charge in [-0.3, -0.25) is 4.79 Å². The van der Waals surface area contributed by atoms with Crippen molar-refractivity contribution in [2.75, 3.05) is 12.4 Å². The summed E-state index contributed by atoms with van der Waals surface area (Å²) in [5.41, 5.74) is 3.21. The highest BCUT2D eigenvalue weighted by atomic mass is 32.2. The fourth-order valence-corrected chi connectivity index (χ4v) is 3.00. The number of benzene rings is 2. The third-order valence-corrected chi connectivity index (χ3v) is 4.50. The molecule has 3 heteroatoms. The molecule has 0 bridgehead atoms. The monoisotopic (exact) mass is 314 g/mol. The maximum Gasteiger partial charge on any atom is 0.159 e. The maximum absolute atomic E-state index is 11.2. The number of carbonyl (C=O) groups is 1. The Bertz CT molecular complexity index is 632. The molecule has 0 spiro atoms. The number of rotatable bonds is 7. The van der Waals surface area contributed by atoms with Crippen molar-refractivity contribution >= 4 is 17.5 Å². The van der Waals surface area contributed by atoms with Crippen LogP contribution in [0.15, 0.2) is 47.4 Å². The molecule has 0 aliphatic heterocycles. The standard InChI is InChI=1S/C19H22O2S/c1-14-5-10-19(15(2)13-14)21-11-4-12-22-18-8-6-17(7-9-18)16(3)20/h5-10,13H,4,11-12H2,1-3H3. The molecular weight excluding hydrogens is 292 g/mol. The van der Waals surface area contributed by atoms with Crippen molar-refractivity contribution in [1.29, 1.82) is 0 Å². The lowest BCUT2D eigenvalue weighted by Crippen LogP contribution is -2.00. The van der Waals surface area contributed by atoms with Gasteiger partial charge in [-0.2, -0.15) is 0 Å². The zero-order valence-electron chi connectivity index (χ0n) is 13.4. The molecule has 0 aromatic heterocycles. The first kappa shape index (κ1) is 16.6. The number of carbonyl (C=O) groups excluding carboxylic acids is 1. The van der Waals surface area contributed by atoms with Gasteiger partial charge in [-0.15, -0.1) is 11.8 Å². The van der Waals surface area contributed by atoms with Gasteiger partial charge >= 0.3 is 0 Å². The van der Waals surface area contributed by atoms with Crippen molar-refractivity contribution < 1.29 is 9.53 Å². The summed E-state index contributed by atoms with van der Waals surface area (Å²) in [5.74, 6) is 2.09. The van der Waals surface area contributed by atoms with Crippen molar-refractivity contribution in [3.63, 3.8) is 0 Å². The molecule has 2 nitrogen and oxygen atoms in total. The average Bonchev–Trinajstić information content (AvgIpc) is 2.49. The summed E-state index contributed by atoms with van der Waals surface area (Å²) in [6.45, 7) is 6.48. The summed E-state index contributed by atoms with van der Waals surface area (Å²) in [4.78, 5) is 12.4. The Hall–Kier alpha value is -1.74. The first-order valence-electron chi connectivity index (χ1n) is 7.50. The van der Waals surface area contributed by atoms with Gasteiger partial charge in [0, 0.05) is 16.2 Å². The Morgan fingerprint density at radius 2 is 1.82 bits per heavy atom. The number of Topliss-reactive ketones (excluding diaryl/α,β-unsaturated/α-hetero) is 1. The minimum Gasteiger partial charge on any atom is -0.493 e. The molecule has 2 aromatic rings. The quantitative estimate of drug-likeness (QED) is 0.405. The second kappa shape index (κ2) is 8.04. The fraction of sp³-hybridized carbons (Fsp3) is 0.316. The largest absolute Gasteiger partial charge is 0.493 e. The van der Waals surface area contributed by atoms with Crippen LogP contribution in [0.3, 0.4) is 0 Å². The van der Waals surface area contributed by atoms with Gasteiger partial charge in [0.05, 0.1) is 6.61 Å². The molecule has 116 valence electrons. The second-order valence-electron chi connectivity index (χ2n) is 5.40. The molecule has 0 atom stereocenters. The van der Waals surface area contributed by atoms with E-state index < -0.39 is 0 Å². The average molecular weight is 314 g/mol. The van der Waals surface area contributed by atoms with Gasteiger partial charge in [-0.25, -0.2) is 0 Å². The lowest BCUT2D eigenvalue weighted by Gasteiger charge is -2.09. The van der Waals surface area contributed by atoms with E-state index in [1.165, 1.54) is 16.0 Å².